The summed E-state index contributed by atoms with van der Waals surface area (Å²) in [7, 11) is 3.26. The molecule has 84 valence electrons. The number of aryl methyl sites for hydroxylation is 1. The quantitative estimate of drug-likeness (QED) is 0.860. The summed E-state index contributed by atoms with van der Waals surface area (Å²) >= 11 is 0. The van der Waals surface area contributed by atoms with Crippen LogP contribution in [0.15, 0.2) is 24.4 Å². The van der Waals surface area contributed by atoms with Gasteiger partial charge in [-0.1, -0.05) is 0 Å². The number of benzene rings is 1. The van der Waals surface area contributed by atoms with Gasteiger partial charge in [0.05, 0.1) is 19.8 Å². The van der Waals surface area contributed by atoms with Gasteiger partial charge < -0.3 is 14.5 Å². The maximum Gasteiger partial charge on any atom is 0.141 e. The van der Waals surface area contributed by atoms with Crippen molar-refractivity contribution in [2.75, 3.05) is 14.2 Å². The number of aromatic nitrogens is 2. The Morgan fingerprint density at radius 3 is 2.56 bits per heavy atom. The number of H-pyrrole nitrogens is 1. The summed E-state index contributed by atoms with van der Waals surface area (Å²) in [5, 5.41) is 0. The Hall–Kier alpha value is -1.97. The van der Waals surface area contributed by atoms with E-state index in [9.17, 15) is 0 Å². The minimum absolute atomic E-state index is 0.744. The van der Waals surface area contributed by atoms with Crippen molar-refractivity contribution in [2.45, 2.75) is 6.92 Å². The third-order valence-electron chi connectivity index (χ3n) is 2.37. The van der Waals surface area contributed by atoms with Crippen molar-refractivity contribution in [2.24, 2.45) is 0 Å². The zero-order chi connectivity index (χ0) is 11.5. The highest BCUT2D eigenvalue weighted by Crippen LogP contribution is 2.31. The topological polar surface area (TPSA) is 47.1 Å². The molecule has 2 aromatic rings. The van der Waals surface area contributed by atoms with E-state index in [1.165, 1.54) is 0 Å². The van der Waals surface area contributed by atoms with Crippen molar-refractivity contribution in [1.82, 2.24) is 9.97 Å². The van der Waals surface area contributed by atoms with Gasteiger partial charge in [-0.3, -0.25) is 0 Å². The first kappa shape index (κ1) is 10.5. The SMILES string of the molecule is COc1ccc(-c2ncc(C)[nH]2)c(OC)c1. The van der Waals surface area contributed by atoms with Crippen LogP contribution in [0.1, 0.15) is 5.69 Å². The lowest BCUT2D eigenvalue weighted by atomic mass is 10.2. The molecule has 0 aliphatic rings. The highest BCUT2D eigenvalue weighted by atomic mass is 16.5. The third-order valence-corrected chi connectivity index (χ3v) is 2.37. The van der Waals surface area contributed by atoms with E-state index in [4.69, 9.17) is 9.47 Å². The Morgan fingerprint density at radius 1 is 1.19 bits per heavy atom. The molecule has 0 radical (unpaired) electrons. The second-order valence-electron chi connectivity index (χ2n) is 3.48. The van der Waals surface area contributed by atoms with Crippen molar-refractivity contribution in [1.29, 1.82) is 0 Å². The summed E-state index contributed by atoms with van der Waals surface area (Å²) in [6, 6.07) is 5.65. The second-order valence-corrected chi connectivity index (χ2v) is 3.48. The molecule has 0 amide bonds. The van der Waals surface area contributed by atoms with Crippen molar-refractivity contribution in [3.05, 3.63) is 30.1 Å². The van der Waals surface area contributed by atoms with Crippen LogP contribution in [0.25, 0.3) is 11.4 Å². The number of methoxy groups -OCH3 is 2. The molecule has 0 saturated heterocycles. The molecule has 4 heteroatoms. The molecule has 1 heterocycles. The molecular weight excluding hydrogens is 204 g/mol. The molecule has 0 aliphatic carbocycles. The van der Waals surface area contributed by atoms with Gasteiger partial charge in [0, 0.05) is 18.0 Å². The van der Waals surface area contributed by atoms with E-state index < -0.39 is 0 Å². The normalized spacial score (nSPS) is 10.2. The van der Waals surface area contributed by atoms with E-state index in [0.717, 1.165) is 28.6 Å². The maximum atomic E-state index is 5.31. The molecule has 2 rings (SSSR count). The first-order valence-electron chi connectivity index (χ1n) is 4.98. The van der Waals surface area contributed by atoms with Crippen LogP contribution in [-0.4, -0.2) is 24.2 Å². The van der Waals surface area contributed by atoms with E-state index in [0.29, 0.717) is 0 Å². The lowest BCUT2D eigenvalue weighted by Gasteiger charge is -2.08. The lowest BCUT2D eigenvalue weighted by molar-refractivity contribution is 0.395. The molecule has 0 bridgehead atoms. The fourth-order valence-electron chi connectivity index (χ4n) is 1.54. The van der Waals surface area contributed by atoms with Crippen LogP contribution in [0.5, 0.6) is 11.5 Å². The Bertz CT molecular complexity index is 492. The van der Waals surface area contributed by atoms with Gasteiger partial charge >= 0.3 is 0 Å². The average molecular weight is 218 g/mol. The number of nitrogens with zero attached hydrogens (tertiary/aromatic N) is 1. The maximum absolute atomic E-state index is 5.31. The summed E-state index contributed by atoms with van der Waals surface area (Å²) in [4.78, 5) is 7.45. The molecular formula is C12H14N2O2. The van der Waals surface area contributed by atoms with Crippen molar-refractivity contribution >= 4 is 0 Å². The van der Waals surface area contributed by atoms with Crippen LogP contribution in [0.2, 0.25) is 0 Å². The predicted octanol–water partition coefficient (Wildman–Crippen LogP) is 2.40. The fraction of sp³-hybridized carbons (Fsp3) is 0.250. The van der Waals surface area contributed by atoms with Crippen molar-refractivity contribution in [3.63, 3.8) is 0 Å². The second kappa shape index (κ2) is 4.26. The summed E-state index contributed by atoms with van der Waals surface area (Å²) in [5.74, 6) is 2.31. The molecule has 0 unspecified atom stereocenters. The molecule has 0 saturated carbocycles. The molecule has 4 nitrogen and oxygen atoms in total. The van der Waals surface area contributed by atoms with E-state index in [1.807, 2.05) is 25.1 Å². The molecule has 0 atom stereocenters. The minimum Gasteiger partial charge on any atom is -0.497 e. The number of hydrogen-bond acceptors (Lipinski definition) is 3. The van der Waals surface area contributed by atoms with Crippen LogP contribution < -0.4 is 9.47 Å². The van der Waals surface area contributed by atoms with Gasteiger partial charge in [0.2, 0.25) is 0 Å². The lowest BCUT2D eigenvalue weighted by Crippen LogP contribution is -1.91. The first-order chi connectivity index (χ1) is 7.74. The van der Waals surface area contributed by atoms with Gasteiger partial charge in [-0.25, -0.2) is 4.98 Å². The Kier molecular flexibility index (Phi) is 2.81. The molecule has 1 aromatic heterocycles. The Morgan fingerprint density at radius 2 is 2.00 bits per heavy atom. The Balaban J connectivity index is 2.48. The molecule has 1 aromatic carbocycles. The summed E-state index contributed by atoms with van der Waals surface area (Å²) < 4.78 is 10.5. The highest BCUT2D eigenvalue weighted by molar-refractivity contribution is 5.65. The number of hydrogen-bond donors (Lipinski definition) is 1. The monoisotopic (exact) mass is 218 g/mol. The fourth-order valence-corrected chi connectivity index (χ4v) is 1.54. The Labute approximate surface area is 94.2 Å². The number of imidazole rings is 1. The van der Waals surface area contributed by atoms with Gasteiger partial charge in [0.25, 0.3) is 0 Å². The first-order valence-corrected chi connectivity index (χ1v) is 4.98. The summed E-state index contributed by atoms with van der Waals surface area (Å²) in [6.07, 6.45) is 1.79. The summed E-state index contributed by atoms with van der Waals surface area (Å²) in [6.45, 7) is 1.96. The molecule has 0 spiro atoms. The zero-order valence-corrected chi connectivity index (χ0v) is 9.57. The van der Waals surface area contributed by atoms with Gasteiger partial charge in [0.1, 0.15) is 17.3 Å². The molecule has 16 heavy (non-hydrogen) atoms. The van der Waals surface area contributed by atoms with Gasteiger partial charge in [0.15, 0.2) is 0 Å². The number of ether oxygens (including phenoxy) is 2. The van der Waals surface area contributed by atoms with Crippen LogP contribution in [0, 0.1) is 6.92 Å². The van der Waals surface area contributed by atoms with E-state index in [-0.39, 0.29) is 0 Å². The minimum atomic E-state index is 0.744. The number of rotatable bonds is 3. The van der Waals surface area contributed by atoms with Crippen LogP contribution in [0.3, 0.4) is 0 Å². The third kappa shape index (κ3) is 1.86. The highest BCUT2D eigenvalue weighted by Gasteiger charge is 2.09. The predicted molar refractivity (Wildman–Crippen MR) is 61.9 cm³/mol. The smallest absolute Gasteiger partial charge is 0.141 e. The average Bonchev–Trinajstić information content (AvgIpc) is 2.74. The largest absolute Gasteiger partial charge is 0.497 e. The van der Waals surface area contributed by atoms with E-state index in [2.05, 4.69) is 9.97 Å². The van der Waals surface area contributed by atoms with Crippen LogP contribution in [-0.2, 0) is 0 Å². The van der Waals surface area contributed by atoms with Gasteiger partial charge in [-0.2, -0.15) is 0 Å². The van der Waals surface area contributed by atoms with Crippen LogP contribution >= 0.6 is 0 Å². The molecule has 0 fully saturated rings. The summed E-state index contributed by atoms with van der Waals surface area (Å²) in [5.41, 5.74) is 1.95. The molecule has 0 aliphatic heterocycles. The zero-order valence-electron chi connectivity index (χ0n) is 9.57. The van der Waals surface area contributed by atoms with Crippen molar-refractivity contribution in [3.8, 4) is 22.9 Å². The van der Waals surface area contributed by atoms with E-state index >= 15 is 0 Å². The van der Waals surface area contributed by atoms with Gasteiger partial charge in [-0.15, -0.1) is 0 Å². The van der Waals surface area contributed by atoms with Crippen molar-refractivity contribution < 1.29 is 9.47 Å². The number of aromatic amines is 1. The standard InChI is InChI=1S/C12H14N2O2/c1-8-7-13-12(14-8)10-5-4-9(15-2)6-11(10)16-3/h4-7H,1-3H3,(H,13,14). The van der Waals surface area contributed by atoms with Crippen LogP contribution in [0.4, 0.5) is 0 Å². The van der Waals surface area contributed by atoms with Gasteiger partial charge in [-0.05, 0) is 19.1 Å². The number of nitrogens with one attached hydrogen (secondary N) is 1. The molecule has 1 N–H and O–H groups in total. The van der Waals surface area contributed by atoms with E-state index in [1.54, 1.807) is 20.4 Å².